The van der Waals surface area contributed by atoms with Crippen LogP contribution in [0.15, 0.2) is 42.5 Å². The summed E-state index contributed by atoms with van der Waals surface area (Å²) in [5, 5.41) is 6.37. The molecule has 0 spiro atoms. The van der Waals surface area contributed by atoms with Crippen LogP contribution in [0.5, 0.6) is 11.5 Å². The van der Waals surface area contributed by atoms with Gasteiger partial charge >= 0.3 is 0 Å². The second-order valence-electron chi connectivity index (χ2n) is 6.15. The summed E-state index contributed by atoms with van der Waals surface area (Å²) in [5.74, 6) is 1.51. The van der Waals surface area contributed by atoms with Gasteiger partial charge in [0, 0.05) is 18.2 Å². The zero-order valence-corrected chi connectivity index (χ0v) is 13.4. The Kier molecular flexibility index (Phi) is 4.09. The standard InChI is InChI=1S/C19H20N2O3/c22-19(21-11-16-2-1-9-20-16)14-5-3-13(4-6-14)15-7-8-17-18(10-15)24-12-23-17/h3-8,10,16,20H,1-2,9,11-12H2,(H,21,22)/t16-/m0/s1. The van der Waals surface area contributed by atoms with Crippen LogP contribution in [0.4, 0.5) is 0 Å². The molecule has 1 atom stereocenters. The number of nitrogens with one attached hydrogen (secondary N) is 2. The van der Waals surface area contributed by atoms with Gasteiger partial charge in [0.05, 0.1) is 0 Å². The minimum absolute atomic E-state index is 0.0269. The van der Waals surface area contributed by atoms with Crippen molar-refractivity contribution in [3.05, 3.63) is 48.0 Å². The number of carbonyl (C=O) groups excluding carboxylic acids is 1. The Morgan fingerprint density at radius 1 is 1.08 bits per heavy atom. The van der Waals surface area contributed by atoms with Gasteiger partial charge in [-0.15, -0.1) is 0 Å². The van der Waals surface area contributed by atoms with Gasteiger partial charge in [0.2, 0.25) is 6.79 Å². The van der Waals surface area contributed by atoms with Crippen molar-refractivity contribution in [1.82, 2.24) is 10.6 Å². The predicted molar refractivity (Wildman–Crippen MR) is 91.4 cm³/mol. The van der Waals surface area contributed by atoms with Crippen LogP contribution in [0.25, 0.3) is 11.1 Å². The molecule has 1 saturated heterocycles. The molecular weight excluding hydrogens is 304 g/mol. The number of fused-ring (bicyclic) bond motifs is 1. The maximum Gasteiger partial charge on any atom is 0.251 e. The molecule has 124 valence electrons. The molecule has 1 amide bonds. The lowest BCUT2D eigenvalue weighted by Crippen LogP contribution is -2.37. The van der Waals surface area contributed by atoms with Gasteiger partial charge < -0.3 is 20.1 Å². The monoisotopic (exact) mass is 324 g/mol. The van der Waals surface area contributed by atoms with E-state index in [0.717, 1.165) is 35.6 Å². The van der Waals surface area contributed by atoms with E-state index >= 15 is 0 Å². The highest BCUT2D eigenvalue weighted by Gasteiger charge is 2.16. The maximum absolute atomic E-state index is 12.2. The number of hydrogen-bond donors (Lipinski definition) is 2. The van der Waals surface area contributed by atoms with Crippen molar-refractivity contribution in [2.45, 2.75) is 18.9 Å². The van der Waals surface area contributed by atoms with E-state index in [1.165, 1.54) is 6.42 Å². The normalized spacial score (nSPS) is 18.6. The minimum atomic E-state index is -0.0269. The van der Waals surface area contributed by atoms with Crippen molar-refractivity contribution in [2.24, 2.45) is 0 Å². The zero-order chi connectivity index (χ0) is 16.4. The fourth-order valence-corrected chi connectivity index (χ4v) is 3.14. The number of carbonyl (C=O) groups is 1. The highest BCUT2D eigenvalue weighted by atomic mass is 16.7. The molecular formula is C19H20N2O3. The summed E-state index contributed by atoms with van der Waals surface area (Å²) in [4.78, 5) is 12.2. The van der Waals surface area contributed by atoms with Crippen molar-refractivity contribution in [2.75, 3.05) is 19.9 Å². The van der Waals surface area contributed by atoms with Gasteiger partial charge in [-0.25, -0.2) is 0 Å². The third kappa shape index (κ3) is 3.08. The molecule has 0 saturated carbocycles. The van der Waals surface area contributed by atoms with Crippen LogP contribution in [0, 0.1) is 0 Å². The fraction of sp³-hybridized carbons (Fsp3) is 0.316. The Labute approximate surface area is 141 Å². The lowest BCUT2D eigenvalue weighted by atomic mass is 10.0. The van der Waals surface area contributed by atoms with Crippen LogP contribution in [0.2, 0.25) is 0 Å². The molecule has 2 aliphatic heterocycles. The number of ether oxygens (including phenoxy) is 2. The van der Waals surface area contributed by atoms with Gasteiger partial charge in [-0.05, 0) is 54.8 Å². The molecule has 0 radical (unpaired) electrons. The molecule has 2 aliphatic rings. The first-order valence-corrected chi connectivity index (χ1v) is 8.31. The first-order valence-electron chi connectivity index (χ1n) is 8.31. The second-order valence-corrected chi connectivity index (χ2v) is 6.15. The second kappa shape index (κ2) is 6.53. The van der Waals surface area contributed by atoms with Gasteiger partial charge in [-0.1, -0.05) is 18.2 Å². The topological polar surface area (TPSA) is 59.6 Å². The zero-order valence-electron chi connectivity index (χ0n) is 13.4. The van der Waals surface area contributed by atoms with E-state index in [1.54, 1.807) is 0 Å². The molecule has 1 fully saturated rings. The van der Waals surface area contributed by atoms with Crippen LogP contribution in [0.1, 0.15) is 23.2 Å². The van der Waals surface area contributed by atoms with Crippen molar-refractivity contribution in [3.63, 3.8) is 0 Å². The summed E-state index contributed by atoms with van der Waals surface area (Å²) in [6.45, 7) is 2.00. The molecule has 0 unspecified atom stereocenters. The Balaban J connectivity index is 1.43. The molecule has 2 heterocycles. The lowest BCUT2D eigenvalue weighted by Gasteiger charge is -2.11. The summed E-state index contributed by atoms with van der Waals surface area (Å²) < 4.78 is 10.7. The van der Waals surface area contributed by atoms with E-state index in [-0.39, 0.29) is 12.7 Å². The molecule has 0 aliphatic carbocycles. The summed E-state index contributed by atoms with van der Waals surface area (Å²) in [7, 11) is 0. The molecule has 0 aromatic heterocycles. The highest BCUT2D eigenvalue weighted by Crippen LogP contribution is 2.35. The SMILES string of the molecule is O=C(NC[C@@H]1CCCN1)c1ccc(-c2ccc3c(c2)OCO3)cc1. The first-order chi connectivity index (χ1) is 11.8. The van der Waals surface area contributed by atoms with Gasteiger partial charge in [-0.3, -0.25) is 4.79 Å². The number of rotatable bonds is 4. The van der Waals surface area contributed by atoms with E-state index in [2.05, 4.69) is 10.6 Å². The van der Waals surface area contributed by atoms with E-state index in [9.17, 15) is 4.79 Å². The Bertz CT molecular complexity index is 737. The quantitative estimate of drug-likeness (QED) is 0.907. The van der Waals surface area contributed by atoms with Crippen molar-refractivity contribution >= 4 is 5.91 Å². The van der Waals surface area contributed by atoms with E-state index < -0.39 is 0 Å². The molecule has 2 aromatic rings. The Hall–Kier alpha value is -2.53. The summed E-state index contributed by atoms with van der Waals surface area (Å²) in [6.07, 6.45) is 2.31. The molecule has 24 heavy (non-hydrogen) atoms. The molecule has 0 bridgehead atoms. The van der Waals surface area contributed by atoms with E-state index in [0.29, 0.717) is 18.2 Å². The first kappa shape index (κ1) is 15.0. The van der Waals surface area contributed by atoms with Gasteiger partial charge in [0.1, 0.15) is 0 Å². The summed E-state index contributed by atoms with van der Waals surface area (Å²) >= 11 is 0. The number of benzene rings is 2. The molecule has 5 nitrogen and oxygen atoms in total. The molecule has 2 aromatic carbocycles. The van der Waals surface area contributed by atoms with Crippen LogP contribution in [-0.4, -0.2) is 31.8 Å². The third-order valence-corrected chi connectivity index (χ3v) is 4.52. The number of hydrogen-bond acceptors (Lipinski definition) is 4. The van der Waals surface area contributed by atoms with Crippen LogP contribution >= 0.6 is 0 Å². The van der Waals surface area contributed by atoms with Crippen molar-refractivity contribution < 1.29 is 14.3 Å². The van der Waals surface area contributed by atoms with Crippen LogP contribution < -0.4 is 20.1 Å². The molecule has 4 rings (SSSR count). The van der Waals surface area contributed by atoms with Crippen molar-refractivity contribution in [3.8, 4) is 22.6 Å². The van der Waals surface area contributed by atoms with E-state index in [4.69, 9.17) is 9.47 Å². The minimum Gasteiger partial charge on any atom is -0.454 e. The maximum atomic E-state index is 12.2. The smallest absolute Gasteiger partial charge is 0.251 e. The predicted octanol–water partition coefficient (Wildman–Crippen LogP) is 2.56. The van der Waals surface area contributed by atoms with Crippen LogP contribution in [-0.2, 0) is 0 Å². The van der Waals surface area contributed by atoms with Crippen LogP contribution in [0.3, 0.4) is 0 Å². The van der Waals surface area contributed by atoms with E-state index in [1.807, 2.05) is 42.5 Å². The third-order valence-electron chi connectivity index (χ3n) is 4.52. The fourth-order valence-electron chi connectivity index (χ4n) is 3.14. The summed E-state index contributed by atoms with van der Waals surface area (Å²) in [6, 6.07) is 13.9. The Morgan fingerprint density at radius 3 is 2.67 bits per heavy atom. The van der Waals surface area contributed by atoms with Gasteiger partial charge in [0.25, 0.3) is 5.91 Å². The number of amides is 1. The highest BCUT2D eigenvalue weighted by molar-refractivity contribution is 5.94. The largest absolute Gasteiger partial charge is 0.454 e. The Morgan fingerprint density at radius 2 is 1.88 bits per heavy atom. The average Bonchev–Trinajstić information content (AvgIpc) is 3.30. The van der Waals surface area contributed by atoms with Gasteiger partial charge in [0.15, 0.2) is 11.5 Å². The molecule has 5 heteroatoms. The van der Waals surface area contributed by atoms with Gasteiger partial charge in [-0.2, -0.15) is 0 Å². The summed E-state index contributed by atoms with van der Waals surface area (Å²) in [5.41, 5.74) is 2.76. The van der Waals surface area contributed by atoms with Crippen molar-refractivity contribution in [1.29, 1.82) is 0 Å². The molecule has 2 N–H and O–H groups in total. The average molecular weight is 324 g/mol. The lowest BCUT2D eigenvalue weighted by molar-refractivity contribution is 0.0950.